The first-order valence-corrected chi connectivity index (χ1v) is 9.34. The molecule has 0 bridgehead atoms. The Balaban J connectivity index is 1.29. The van der Waals surface area contributed by atoms with E-state index in [1.165, 1.54) is 0 Å². The summed E-state index contributed by atoms with van der Waals surface area (Å²) in [4.78, 5) is 35.3. The molecule has 0 unspecified atom stereocenters. The highest BCUT2D eigenvalue weighted by atomic mass is 16.6. The summed E-state index contributed by atoms with van der Waals surface area (Å²) in [5.41, 5.74) is 0. The minimum absolute atomic E-state index is 0.0128. The maximum atomic E-state index is 12.0. The molecule has 1 aliphatic rings. The summed E-state index contributed by atoms with van der Waals surface area (Å²) in [6.07, 6.45) is -0.697. The van der Waals surface area contributed by atoms with Crippen LogP contribution in [0.5, 0.6) is 11.5 Å². The lowest BCUT2D eigenvalue weighted by Gasteiger charge is -2.36. The van der Waals surface area contributed by atoms with Crippen molar-refractivity contribution in [1.82, 2.24) is 10.6 Å². The van der Waals surface area contributed by atoms with E-state index in [1.54, 1.807) is 48.5 Å². The molecule has 2 aromatic rings. The van der Waals surface area contributed by atoms with Crippen molar-refractivity contribution in [2.75, 3.05) is 26.4 Å². The number of para-hydroxylation sites is 2. The van der Waals surface area contributed by atoms with Gasteiger partial charge < -0.3 is 29.6 Å². The third-order valence-corrected chi connectivity index (χ3v) is 4.04. The molecule has 1 saturated heterocycles. The average Bonchev–Trinajstić information content (AvgIpc) is 2.78. The third kappa shape index (κ3) is 6.49. The first kappa shape index (κ1) is 21.1. The number of hydrogen-bond donors (Lipinski definition) is 2. The summed E-state index contributed by atoms with van der Waals surface area (Å²) >= 11 is 0. The third-order valence-electron chi connectivity index (χ3n) is 4.04. The van der Waals surface area contributed by atoms with Gasteiger partial charge in [0, 0.05) is 0 Å². The molecule has 9 nitrogen and oxygen atoms in total. The van der Waals surface area contributed by atoms with Crippen molar-refractivity contribution in [2.24, 2.45) is 0 Å². The average molecular weight is 414 g/mol. The van der Waals surface area contributed by atoms with E-state index in [4.69, 9.17) is 18.9 Å². The van der Waals surface area contributed by atoms with E-state index in [2.05, 4.69) is 10.6 Å². The number of ether oxygens (including phenoxy) is 4. The number of β-lactam (4-membered cyclic amide) rings is 1. The highest BCUT2D eigenvalue weighted by Gasteiger charge is 2.41. The van der Waals surface area contributed by atoms with Gasteiger partial charge in [-0.15, -0.1) is 0 Å². The Morgan fingerprint density at radius 2 is 1.47 bits per heavy atom. The van der Waals surface area contributed by atoms with E-state index in [0.717, 1.165) is 0 Å². The van der Waals surface area contributed by atoms with Crippen LogP contribution in [-0.2, 0) is 23.9 Å². The van der Waals surface area contributed by atoms with Gasteiger partial charge in [-0.25, -0.2) is 4.79 Å². The van der Waals surface area contributed by atoms with Crippen molar-refractivity contribution < 1.29 is 33.3 Å². The fraction of sp³-hybridized carbons (Fsp3) is 0.286. The zero-order valence-corrected chi connectivity index (χ0v) is 16.1. The van der Waals surface area contributed by atoms with Crippen LogP contribution in [0.2, 0.25) is 0 Å². The van der Waals surface area contributed by atoms with Gasteiger partial charge in [-0.3, -0.25) is 9.59 Å². The fourth-order valence-electron chi connectivity index (χ4n) is 2.55. The molecule has 0 aliphatic carbocycles. The van der Waals surface area contributed by atoms with Crippen molar-refractivity contribution in [2.45, 2.75) is 12.3 Å². The highest BCUT2D eigenvalue weighted by molar-refractivity contribution is 5.93. The van der Waals surface area contributed by atoms with Gasteiger partial charge >= 0.3 is 5.97 Å². The van der Waals surface area contributed by atoms with Gasteiger partial charge in [-0.05, 0) is 24.3 Å². The summed E-state index contributed by atoms with van der Waals surface area (Å²) in [5, 5.41) is 5.07. The molecular weight excluding hydrogens is 392 g/mol. The zero-order chi connectivity index (χ0) is 21.2. The lowest BCUT2D eigenvalue weighted by Crippen LogP contribution is -2.70. The van der Waals surface area contributed by atoms with Crippen LogP contribution < -0.4 is 20.1 Å². The molecule has 2 atom stereocenters. The van der Waals surface area contributed by atoms with Crippen molar-refractivity contribution >= 4 is 17.8 Å². The summed E-state index contributed by atoms with van der Waals surface area (Å²) in [5.74, 6) is -0.226. The SMILES string of the molecule is O=C(COc1ccccc1)N[C@@H]1C(=O)N[C@@H]1OCCOC(=O)COc1ccccc1. The van der Waals surface area contributed by atoms with E-state index < -0.39 is 24.1 Å². The summed E-state index contributed by atoms with van der Waals surface area (Å²) in [7, 11) is 0. The molecule has 3 rings (SSSR count). The van der Waals surface area contributed by atoms with Gasteiger partial charge in [0.25, 0.3) is 5.91 Å². The number of benzene rings is 2. The minimum Gasteiger partial charge on any atom is -0.484 e. The number of hydrogen-bond acceptors (Lipinski definition) is 7. The number of esters is 1. The Morgan fingerprint density at radius 1 is 0.867 bits per heavy atom. The topological polar surface area (TPSA) is 112 Å². The monoisotopic (exact) mass is 414 g/mol. The molecule has 0 aromatic heterocycles. The lowest BCUT2D eigenvalue weighted by atomic mass is 10.1. The van der Waals surface area contributed by atoms with Crippen LogP contribution in [0.3, 0.4) is 0 Å². The Kier molecular flexibility index (Phi) is 7.62. The Bertz CT molecular complexity index is 845. The molecule has 158 valence electrons. The van der Waals surface area contributed by atoms with Gasteiger partial charge in [0.2, 0.25) is 5.91 Å². The predicted molar refractivity (Wildman–Crippen MR) is 105 cm³/mol. The van der Waals surface area contributed by atoms with Crippen molar-refractivity contribution in [3.05, 3.63) is 60.7 Å². The Labute approximate surface area is 173 Å². The van der Waals surface area contributed by atoms with Crippen LogP contribution in [0.4, 0.5) is 0 Å². The largest absolute Gasteiger partial charge is 0.484 e. The molecule has 0 spiro atoms. The van der Waals surface area contributed by atoms with Crippen LogP contribution in [0.15, 0.2) is 60.7 Å². The van der Waals surface area contributed by atoms with Gasteiger partial charge in [-0.1, -0.05) is 36.4 Å². The number of amides is 2. The second kappa shape index (κ2) is 10.8. The van der Waals surface area contributed by atoms with Crippen LogP contribution in [0.1, 0.15) is 0 Å². The van der Waals surface area contributed by atoms with E-state index in [-0.39, 0.29) is 32.3 Å². The van der Waals surface area contributed by atoms with Crippen molar-refractivity contribution in [3.8, 4) is 11.5 Å². The summed E-state index contributed by atoms with van der Waals surface area (Å²) < 4.78 is 21.0. The predicted octanol–water partition coefficient (Wildman–Crippen LogP) is 0.645. The second-order valence-corrected chi connectivity index (χ2v) is 6.27. The van der Waals surface area contributed by atoms with Gasteiger partial charge in [0.1, 0.15) is 18.1 Å². The molecule has 2 aromatic carbocycles. The number of carbonyl (C=O) groups is 3. The lowest BCUT2D eigenvalue weighted by molar-refractivity contribution is -0.157. The Morgan fingerprint density at radius 3 is 2.07 bits per heavy atom. The molecular formula is C21H22N2O7. The van der Waals surface area contributed by atoms with E-state index in [1.807, 2.05) is 12.1 Å². The normalized spacial score (nSPS) is 17.3. The van der Waals surface area contributed by atoms with E-state index >= 15 is 0 Å². The smallest absolute Gasteiger partial charge is 0.344 e. The molecule has 30 heavy (non-hydrogen) atoms. The standard InChI is InChI=1S/C21H22N2O7/c24-17(13-29-15-7-3-1-4-8-15)22-19-20(26)23-21(19)28-12-11-27-18(25)14-30-16-9-5-2-6-10-16/h1-10,19,21H,11-14H2,(H,22,24)(H,23,26)/t19-,21-/m1/s1. The van der Waals surface area contributed by atoms with Gasteiger partial charge in [0.15, 0.2) is 25.5 Å². The Hall–Kier alpha value is -3.59. The first-order valence-electron chi connectivity index (χ1n) is 9.34. The summed E-state index contributed by atoms with van der Waals surface area (Å²) in [6, 6.07) is 16.9. The first-order chi connectivity index (χ1) is 14.6. The second-order valence-electron chi connectivity index (χ2n) is 6.27. The van der Waals surface area contributed by atoms with Crippen LogP contribution in [0.25, 0.3) is 0 Å². The zero-order valence-electron chi connectivity index (χ0n) is 16.1. The number of carbonyl (C=O) groups excluding carboxylic acids is 3. The van der Waals surface area contributed by atoms with Gasteiger partial charge in [0.05, 0.1) is 6.61 Å². The number of rotatable bonds is 11. The summed E-state index contributed by atoms with van der Waals surface area (Å²) in [6.45, 7) is -0.403. The molecule has 2 N–H and O–H groups in total. The molecule has 1 aliphatic heterocycles. The van der Waals surface area contributed by atoms with Crippen molar-refractivity contribution in [1.29, 1.82) is 0 Å². The quantitative estimate of drug-likeness (QED) is 0.315. The molecule has 0 radical (unpaired) electrons. The molecule has 0 saturated carbocycles. The maximum Gasteiger partial charge on any atom is 0.344 e. The molecule has 1 heterocycles. The van der Waals surface area contributed by atoms with Crippen LogP contribution >= 0.6 is 0 Å². The fourth-order valence-corrected chi connectivity index (χ4v) is 2.55. The van der Waals surface area contributed by atoms with Crippen LogP contribution in [-0.4, -0.2) is 56.5 Å². The van der Waals surface area contributed by atoms with Gasteiger partial charge in [-0.2, -0.15) is 0 Å². The van der Waals surface area contributed by atoms with E-state index in [0.29, 0.717) is 11.5 Å². The number of nitrogens with one attached hydrogen (secondary N) is 2. The van der Waals surface area contributed by atoms with E-state index in [9.17, 15) is 14.4 Å². The highest BCUT2D eigenvalue weighted by Crippen LogP contribution is 2.10. The van der Waals surface area contributed by atoms with Crippen LogP contribution in [0, 0.1) is 0 Å². The maximum absolute atomic E-state index is 12.0. The van der Waals surface area contributed by atoms with Crippen molar-refractivity contribution in [3.63, 3.8) is 0 Å². The molecule has 9 heteroatoms. The molecule has 2 amide bonds. The minimum atomic E-state index is -0.825. The molecule has 1 fully saturated rings.